The Bertz CT molecular complexity index is 1110. The van der Waals surface area contributed by atoms with Crippen molar-refractivity contribution >= 4 is 23.4 Å². The highest BCUT2D eigenvalue weighted by Crippen LogP contribution is 2.39. The van der Waals surface area contributed by atoms with Gasteiger partial charge in [-0.25, -0.2) is 0 Å². The molecule has 2 fully saturated rings. The second-order valence-electron chi connectivity index (χ2n) is 11.2. The number of nitrogens with zero attached hydrogens (tertiary/aromatic N) is 3. The summed E-state index contributed by atoms with van der Waals surface area (Å²) in [5, 5.41) is 2.98. The SMILES string of the molecule is CCCCCc1ccc(C(=O)N2CCC3(CC2)C(=O)N(CC(=O)NCC(C)CC)CN3c2ccccc2)cc1. The van der Waals surface area contributed by atoms with Crippen LogP contribution in [0.2, 0.25) is 0 Å². The van der Waals surface area contributed by atoms with E-state index in [1.165, 1.54) is 24.8 Å². The average molecular weight is 533 g/mol. The zero-order chi connectivity index (χ0) is 27.8. The summed E-state index contributed by atoms with van der Waals surface area (Å²) < 4.78 is 0. The molecule has 0 aliphatic carbocycles. The van der Waals surface area contributed by atoms with Crippen LogP contribution in [0.4, 0.5) is 5.69 Å². The van der Waals surface area contributed by atoms with Crippen molar-refractivity contribution in [1.29, 1.82) is 0 Å². The summed E-state index contributed by atoms with van der Waals surface area (Å²) in [7, 11) is 0. The number of hydrogen-bond donors (Lipinski definition) is 1. The van der Waals surface area contributed by atoms with Crippen molar-refractivity contribution in [2.24, 2.45) is 5.92 Å². The number of anilines is 1. The third kappa shape index (κ3) is 6.63. The van der Waals surface area contributed by atoms with Crippen LogP contribution in [0.5, 0.6) is 0 Å². The number of rotatable bonds is 11. The average Bonchev–Trinajstić information content (AvgIpc) is 3.23. The Hall–Kier alpha value is -3.35. The molecule has 0 bridgehead atoms. The number of benzene rings is 2. The smallest absolute Gasteiger partial charge is 0.253 e. The first-order valence-electron chi connectivity index (χ1n) is 14.6. The number of aryl methyl sites for hydroxylation is 1. The Kier molecular flexibility index (Phi) is 9.65. The van der Waals surface area contributed by atoms with E-state index >= 15 is 0 Å². The third-order valence-corrected chi connectivity index (χ3v) is 8.41. The maximum atomic E-state index is 13.9. The van der Waals surface area contributed by atoms with Gasteiger partial charge in [-0.15, -0.1) is 0 Å². The monoisotopic (exact) mass is 532 g/mol. The Labute approximate surface area is 233 Å². The van der Waals surface area contributed by atoms with E-state index in [4.69, 9.17) is 0 Å². The Morgan fingerprint density at radius 3 is 2.31 bits per heavy atom. The highest BCUT2D eigenvalue weighted by Gasteiger charge is 2.54. The number of unbranched alkanes of at least 4 members (excludes halogenated alkanes) is 2. The molecule has 3 amide bonds. The summed E-state index contributed by atoms with van der Waals surface area (Å²) in [5.74, 6) is 0.269. The van der Waals surface area contributed by atoms with Crippen LogP contribution in [0.15, 0.2) is 54.6 Å². The number of hydrogen-bond acceptors (Lipinski definition) is 4. The topological polar surface area (TPSA) is 73.0 Å². The van der Waals surface area contributed by atoms with Gasteiger partial charge >= 0.3 is 0 Å². The van der Waals surface area contributed by atoms with Crippen molar-refractivity contribution in [3.05, 3.63) is 65.7 Å². The van der Waals surface area contributed by atoms with E-state index in [0.717, 1.165) is 18.5 Å². The molecule has 2 aromatic rings. The summed E-state index contributed by atoms with van der Waals surface area (Å²) >= 11 is 0. The number of likely N-dealkylation sites (tertiary alicyclic amines) is 1. The first kappa shape index (κ1) is 28.7. The summed E-state index contributed by atoms with van der Waals surface area (Å²) in [6.45, 7) is 8.43. The minimum Gasteiger partial charge on any atom is -0.354 e. The molecular formula is C32H44N4O3. The van der Waals surface area contributed by atoms with Crippen LogP contribution >= 0.6 is 0 Å². The van der Waals surface area contributed by atoms with Crippen molar-refractivity contribution in [1.82, 2.24) is 15.1 Å². The zero-order valence-corrected chi connectivity index (χ0v) is 23.8. The third-order valence-electron chi connectivity index (χ3n) is 8.41. The van der Waals surface area contributed by atoms with E-state index < -0.39 is 5.54 Å². The quantitative estimate of drug-likeness (QED) is 0.420. The molecule has 2 saturated heterocycles. The van der Waals surface area contributed by atoms with Crippen LogP contribution in [-0.2, 0) is 16.0 Å². The van der Waals surface area contributed by atoms with Crippen LogP contribution in [0.25, 0.3) is 0 Å². The molecule has 39 heavy (non-hydrogen) atoms. The predicted molar refractivity (Wildman–Crippen MR) is 156 cm³/mol. The molecule has 1 spiro atoms. The van der Waals surface area contributed by atoms with Gasteiger partial charge in [0.05, 0.1) is 6.67 Å². The van der Waals surface area contributed by atoms with Gasteiger partial charge in [-0.1, -0.05) is 70.4 Å². The van der Waals surface area contributed by atoms with Crippen molar-refractivity contribution in [3.8, 4) is 0 Å². The summed E-state index contributed by atoms with van der Waals surface area (Å²) in [6, 6.07) is 17.9. The highest BCUT2D eigenvalue weighted by molar-refractivity contribution is 5.97. The van der Waals surface area contributed by atoms with Gasteiger partial charge in [0.25, 0.3) is 11.8 Å². The van der Waals surface area contributed by atoms with Crippen LogP contribution in [0, 0.1) is 5.92 Å². The molecule has 1 N–H and O–H groups in total. The molecule has 1 atom stereocenters. The molecule has 0 aromatic heterocycles. The molecule has 7 heteroatoms. The van der Waals surface area contributed by atoms with Gasteiger partial charge < -0.3 is 20.0 Å². The molecule has 2 heterocycles. The number of piperidine rings is 1. The van der Waals surface area contributed by atoms with Gasteiger partial charge in [0.1, 0.15) is 12.1 Å². The standard InChI is InChI=1S/C32H44N4O3/c1-4-6-8-11-26-14-16-27(17-15-26)30(38)34-20-18-32(19-21-34)31(39)35(23-29(37)33-22-25(3)5-2)24-36(32)28-12-9-7-10-13-28/h7,9-10,12-17,25H,4-6,8,11,18-24H2,1-3H3,(H,33,37). The molecular weight excluding hydrogens is 488 g/mol. The van der Waals surface area contributed by atoms with E-state index in [0.29, 0.717) is 50.6 Å². The van der Waals surface area contributed by atoms with Crippen molar-refractivity contribution in [3.63, 3.8) is 0 Å². The molecule has 0 saturated carbocycles. The molecule has 7 nitrogen and oxygen atoms in total. The fourth-order valence-corrected chi connectivity index (χ4v) is 5.64. The fraction of sp³-hybridized carbons (Fsp3) is 0.531. The van der Waals surface area contributed by atoms with Crippen molar-refractivity contribution in [2.45, 2.75) is 71.3 Å². The van der Waals surface area contributed by atoms with Gasteiger partial charge in [-0.3, -0.25) is 14.4 Å². The van der Waals surface area contributed by atoms with Crippen molar-refractivity contribution < 1.29 is 14.4 Å². The number of carbonyl (C=O) groups is 3. The van der Waals surface area contributed by atoms with Gasteiger partial charge in [0.2, 0.25) is 5.91 Å². The Morgan fingerprint density at radius 1 is 0.974 bits per heavy atom. The summed E-state index contributed by atoms with van der Waals surface area (Å²) in [5.41, 5.74) is 2.17. The van der Waals surface area contributed by atoms with E-state index in [-0.39, 0.29) is 24.3 Å². The molecule has 2 aliphatic heterocycles. The minimum absolute atomic E-state index is 0.0166. The normalized spacial score (nSPS) is 17.5. The number of para-hydroxylation sites is 1. The Morgan fingerprint density at radius 2 is 1.67 bits per heavy atom. The first-order valence-corrected chi connectivity index (χ1v) is 14.6. The van der Waals surface area contributed by atoms with Crippen LogP contribution in [0.1, 0.15) is 75.2 Å². The number of nitrogens with one attached hydrogen (secondary N) is 1. The summed E-state index contributed by atoms with van der Waals surface area (Å²) in [4.78, 5) is 45.6. The lowest BCUT2D eigenvalue weighted by Crippen LogP contribution is -2.57. The maximum absolute atomic E-state index is 13.9. The number of amides is 3. The molecule has 210 valence electrons. The molecule has 4 rings (SSSR count). The van der Waals surface area contributed by atoms with Gasteiger partial charge in [-0.05, 0) is 61.4 Å². The predicted octanol–water partition coefficient (Wildman–Crippen LogP) is 4.86. The highest BCUT2D eigenvalue weighted by atomic mass is 16.2. The maximum Gasteiger partial charge on any atom is 0.253 e. The fourth-order valence-electron chi connectivity index (χ4n) is 5.64. The largest absolute Gasteiger partial charge is 0.354 e. The minimum atomic E-state index is -0.752. The lowest BCUT2D eigenvalue weighted by atomic mass is 9.85. The van der Waals surface area contributed by atoms with Crippen LogP contribution in [0.3, 0.4) is 0 Å². The van der Waals surface area contributed by atoms with E-state index in [1.54, 1.807) is 4.90 Å². The van der Waals surface area contributed by atoms with Crippen LogP contribution < -0.4 is 10.2 Å². The molecule has 2 aromatic carbocycles. The molecule has 0 radical (unpaired) electrons. The lowest BCUT2D eigenvalue weighted by molar-refractivity contribution is -0.137. The summed E-state index contributed by atoms with van der Waals surface area (Å²) in [6.07, 6.45) is 6.68. The van der Waals surface area contributed by atoms with E-state index in [1.807, 2.05) is 47.4 Å². The second-order valence-corrected chi connectivity index (χ2v) is 11.2. The van der Waals surface area contributed by atoms with Crippen molar-refractivity contribution in [2.75, 3.05) is 37.7 Å². The molecule has 2 aliphatic rings. The second kappa shape index (κ2) is 13.1. The van der Waals surface area contributed by atoms with Gasteiger partial charge in [0.15, 0.2) is 0 Å². The van der Waals surface area contributed by atoms with Crippen LogP contribution in [-0.4, -0.2) is 65.9 Å². The lowest BCUT2D eigenvalue weighted by Gasteiger charge is -2.43. The zero-order valence-electron chi connectivity index (χ0n) is 23.8. The van der Waals surface area contributed by atoms with E-state index in [9.17, 15) is 14.4 Å². The first-order chi connectivity index (χ1) is 18.9. The Balaban J connectivity index is 1.44. The van der Waals surface area contributed by atoms with Gasteiger partial charge in [-0.2, -0.15) is 0 Å². The van der Waals surface area contributed by atoms with Gasteiger partial charge in [0, 0.05) is 30.9 Å². The van der Waals surface area contributed by atoms with E-state index in [2.05, 4.69) is 43.1 Å². The number of carbonyl (C=O) groups excluding carboxylic acids is 3. The molecule has 1 unspecified atom stereocenters.